The third-order valence-corrected chi connectivity index (χ3v) is 4.92. The number of H-pyrrole nitrogens is 1. The van der Waals surface area contributed by atoms with E-state index in [4.69, 9.17) is 9.47 Å². The van der Waals surface area contributed by atoms with Gasteiger partial charge in [-0.15, -0.1) is 0 Å². The van der Waals surface area contributed by atoms with Gasteiger partial charge in [0.25, 0.3) is 5.56 Å². The van der Waals surface area contributed by atoms with E-state index in [2.05, 4.69) is 16.9 Å². The highest BCUT2D eigenvalue weighted by molar-refractivity contribution is 5.87. The largest absolute Gasteiger partial charge is 0.493 e. The first-order chi connectivity index (χ1) is 14.3. The van der Waals surface area contributed by atoms with Crippen LogP contribution >= 0.6 is 0 Å². The molecule has 0 aliphatic heterocycles. The molecule has 0 saturated carbocycles. The standard InChI is InChI=1S/C24H24N2O3/c1-2-17-15-22(20-11-5-6-12-21(20)26-17)28-13-7-8-14-29-23-16-25-24(27)19-10-4-3-9-18(19)23/h3-6,9-12,15-16H,2,7-8,13-14H2,1H3,(H,25,27). The number of rotatable bonds is 8. The molecule has 5 heteroatoms. The Balaban J connectivity index is 1.33. The fraction of sp³-hybridized carbons (Fsp3) is 0.250. The maximum Gasteiger partial charge on any atom is 0.256 e. The molecule has 0 bridgehead atoms. The number of aromatic amines is 1. The molecular formula is C24H24N2O3. The number of pyridine rings is 2. The van der Waals surface area contributed by atoms with Crippen LogP contribution < -0.4 is 15.0 Å². The zero-order valence-electron chi connectivity index (χ0n) is 16.5. The molecule has 0 unspecified atom stereocenters. The molecule has 29 heavy (non-hydrogen) atoms. The number of aryl methyl sites for hydroxylation is 1. The number of nitrogens with zero attached hydrogens (tertiary/aromatic N) is 1. The number of hydrogen-bond donors (Lipinski definition) is 1. The quantitative estimate of drug-likeness (QED) is 0.437. The number of unbranched alkanes of at least 4 members (excludes halogenated alkanes) is 1. The van der Waals surface area contributed by atoms with Gasteiger partial charge in [-0.3, -0.25) is 9.78 Å². The Hall–Kier alpha value is -3.34. The number of fused-ring (bicyclic) bond motifs is 2. The van der Waals surface area contributed by atoms with Crippen molar-refractivity contribution < 1.29 is 9.47 Å². The van der Waals surface area contributed by atoms with Crippen LogP contribution in [0, 0.1) is 0 Å². The summed E-state index contributed by atoms with van der Waals surface area (Å²) in [5.74, 6) is 1.59. The molecule has 4 aromatic rings. The van der Waals surface area contributed by atoms with Gasteiger partial charge in [-0.2, -0.15) is 0 Å². The molecule has 2 heterocycles. The summed E-state index contributed by atoms with van der Waals surface area (Å²) in [6, 6.07) is 17.6. The van der Waals surface area contributed by atoms with Gasteiger partial charge < -0.3 is 14.5 Å². The summed E-state index contributed by atoms with van der Waals surface area (Å²) in [5.41, 5.74) is 1.90. The first-order valence-corrected chi connectivity index (χ1v) is 10.0. The van der Waals surface area contributed by atoms with Crippen molar-refractivity contribution in [1.82, 2.24) is 9.97 Å². The van der Waals surface area contributed by atoms with Gasteiger partial charge in [0.1, 0.15) is 11.5 Å². The van der Waals surface area contributed by atoms with Crippen LogP contribution in [-0.4, -0.2) is 23.2 Å². The Morgan fingerprint density at radius 3 is 2.28 bits per heavy atom. The highest BCUT2D eigenvalue weighted by Crippen LogP contribution is 2.26. The second-order valence-corrected chi connectivity index (χ2v) is 6.91. The number of para-hydroxylation sites is 1. The molecule has 0 atom stereocenters. The van der Waals surface area contributed by atoms with E-state index in [1.165, 1.54) is 0 Å². The van der Waals surface area contributed by atoms with Gasteiger partial charge in [-0.25, -0.2) is 0 Å². The average molecular weight is 388 g/mol. The van der Waals surface area contributed by atoms with Crippen molar-refractivity contribution in [3.8, 4) is 11.5 Å². The van der Waals surface area contributed by atoms with Crippen LogP contribution in [0.15, 0.2) is 65.6 Å². The predicted octanol–water partition coefficient (Wildman–Crippen LogP) is 4.88. The lowest BCUT2D eigenvalue weighted by molar-refractivity contribution is 0.269. The molecule has 2 aromatic heterocycles. The van der Waals surface area contributed by atoms with Crippen molar-refractivity contribution in [1.29, 1.82) is 0 Å². The molecule has 4 rings (SSSR count). The first-order valence-electron chi connectivity index (χ1n) is 10.0. The lowest BCUT2D eigenvalue weighted by Gasteiger charge is -2.12. The van der Waals surface area contributed by atoms with E-state index in [0.29, 0.717) is 24.3 Å². The monoisotopic (exact) mass is 388 g/mol. The summed E-state index contributed by atoms with van der Waals surface area (Å²) in [4.78, 5) is 19.3. The summed E-state index contributed by atoms with van der Waals surface area (Å²) >= 11 is 0. The summed E-state index contributed by atoms with van der Waals surface area (Å²) in [6.07, 6.45) is 4.25. The number of benzene rings is 2. The van der Waals surface area contributed by atoms with Crippen LogP contribution in [0.5, 0.6) is 11.5 Å². The van der Waals surface area contributed by atoms with Crippen molar-refractivity contribution in [2.45, 2.75) is 26.2 Å². The van der Waals surface area contributed by atoms with Crippen LogP contribution in [0.3, 0.4) is 0 Å². The number of hydrogen-bond acceptors (Lipinski definition) is 4. The van der Waals surface area contributed by atoms with Gasteiger partial charge in [-0.05, 0) is 37.5 Å². The minimum Gasteiger partial charge on any atom is -0.493 e. The van der Waals surface area contributed by atoms with Crippen LogP contribution in [0.1, 0.15) is 25.5 Å². The summed E-state index contributed by atoms with van der Waals surface area (Å²) in [6.45, 7) is 3.28. The number of nitrogens with one attached hydrogen (secondary N) is 1. The van der Waals surface area contributed by atoms with E-state index in [9.17, 15) is 4.79 Å². The molecule has 0 radical (unpaired) electrons. The Morgan fingerprint density at radius 2 is 1.52 bits per heavy atom. The lowest BCUT2D eigenvalue weighted by Crippen LogP contribution is -2.08. The normalized spacial score (nSPS) is 11.1. The maximum absolute atomic E-state index is 11.9. The molecule has 0 aliphatic carbocycles. The van der Waals surface area contributed by atoms with E-state index >= 15 is 0 Å². The smallest absolute Gasteiger partial charge is 0.256 e. The molecule has 0 saturated heterocycles. The van der Waals surface area contributed by atoms with Gasteiger partial charge in [0, 0.05) is 28.7 Å². The summed E-state index contributed by atoms with van der Waals surface area (Å²) in [7, 11) is 0. The zero-order chi connectivity index (χ0) is 20.1. The third kappa shape index (κ3) is 4.24. The van der Waals surface area contributed by atoms with Crippen molar-refractivity contribution in [2.75, 3.05) is 13.2 Å². The minimum absolute atomic E-state index is 0.0997. The lowest BCUT2D eigenvalue weighted by atomic mass is 10.1. The highest BCUT2D eigenvalue weighted by Gasteiger charge is 2.07. The molecule has 0 aliphatic rings. The SMILES string of the molecule is CCc1cc(OCCCCOc2c[nH]c(=O)c3ccccc23)c2ccccc2n1. The van der Waals surface area contributed by atoms with Crippen LogP contribution in [0.25, 0.3) is 21.7 Å². The minimum atomic E-state index is -0.0997. The first kappa shape index (κ1) is 19.0. The third-order valence-electron chi connectivity index (χ3n) is 4.92. The van der Waals surface area contributed by atoms with E-state index in [1.54, 1.807) is 12.3 Å². The van der Waals surface area contributed by atoms with Gasteiger partial charge in [0.05, 0.1) is 24.1 Å². The van der Waals surface area contributed by atoms with E-state index < -0.39 is 0 Å². The molecule has 1 N–H and O–H groups in total. The second-order valence-electron chi connectivity index (χ2n) is 6.91. The topological polar surface area (TPSA) is 64.2 Å². The van der Waals surface area contributed by atoms with Crippen LogP contribution in [0.2, 0.25) is 0 Å². The fourth-order valence-electron chi connectivity index (χ4n) is 3.37. The molecule has 0 spiro atoms. The molecular weight excluding hydrogens is 364 g/mol. The Kier molecular flexibility index (Phi) is 5.75. The molecule has 0 amide bonds. The van der Waals surface area contributed by atoms with E-state index in [0.717, 1.165) is 47.0 Å². The van der Waals surface area contributed by atoms with Crippen LogP contribution in [-0.2, 0) is 6.42 Å². The van der Waals surface area contributed by atoms with Gasteiger partial charge in [-0.1, -0.05) is 37.3 Å². The van der Waals surface area contributed by atoms with E-state index in [1.807, 2.05) is 48.5 Å². The maximum atomic E-state index is 11.9. The Morgan fingerprint density at radius 1 is 0.862 bits per heavy atom. The predicted molar refractivity (Wildman–Crippen MR) is 116 cm³/mol. The van der Waals surface area contributed by atoms with E-state index in [-0.39, 0.29) is 5.56 Å². The van der Waals surface area contributed by atoms with Crippen molar-refractivity contribution in [3.63, 3.8) is 0 Å². The van der Waals surface area contributed by atoms with Gasteiger partial charge in [0.15, 0.2) is 0 Å². The highest BCUT2D eigenvalue weighted by atomic mass is 16.5. The van der Waals surface area contributed by atoms with Crippen LogP contribution in [0.4, 0.5) is 0 Å². The number of aromatic nitrogens is 2. The van der Waals surface area contributed by atoms with Gasteiger partial charge in [0.2, 0.25) is 0 Å². The number of ether oxygens (including phenoxy) is 2. The molecule has 148 valence electrons. The summed E-state index contributed by atoms with van der Waals surface area (Å²) in [5, 5.41) is 2.52. The second kappa shape index (κ2) is 8.78. The Labute approximate surface area is 169 Å². The average Bonchev–Trinajstić information content (AvgIpc) is 2.77. The summed E-state index contributed by atoms with van der Waals surface area (Å²) < 4.78 is 12.0. The fourth-order valence-corrected chi connectivity index (χ4v) is 3.37. The molecule has 5 nitrogen and oxygen atoms in total. The zero-order valence-corrected chi connectivity index (χ0v) is 16.5. The van der Waals surface area contributed by atoms with Crippen molar-refractivity contribution >= 4 is 21.7 Å². The van der Waals surface area contributed by atoms with Crippen molar-refractivity contribution in [3.05, 3.63) is 76.8 Å². The molecule has 0 fully saturated rings. The van der Waals surface area contributed by atoms with Gasteiger partial charge >= 0.3 is 0 Å². The Bertz CT molecular complexity index is 1180. The van der Waals surface area contributed by atoms with Crippen molar-refractivity contribution in [2.24, 2.45) is 0 Å². The molecule has 2 aromatic carbocycles.